The number of aliphatic hydroxyl groups excluding tert-OH is 3. The average molecular weight is 460 g/mol. The monoisotopic (exact) mass is 460 g/mol. The van der Waals surface area contributed by atoms with Gasteiger partial charge in [-0.1, -0.05) is 0 Å². The molecule has 0 amide bonds. The standard InChI is InChI=1S/C11H27O13P3/c1-18-25(15,20-9-3-6-12)23-27(17,22-11-5-8-14)24-26(16,19-2)21-10-4-7-13/h12-14H,3-11H2,1-2H3. The Morgan fingerprint density at radius 1 is 0.593 bits per heavy atom. The van der Waals surface area contributed by atoms with Crippen LogP contribution < -0.4 is 0 Å². The van der Waals surface area contributed by atoms with Crippen molar-refractivity contribution in [3.05, 3.63) is 0 Å². The SMILES string of the molecule is COP(=O)(OCCCO)OP(=O)(OCCCO)OP(=O)(OC)OCCCO. The summed E-state index contributed by atoms with van der Waals surface area (Å²) < 4.78 is 70.8. The maximum absolute atomic E-state index is 12.8. The van der Waals surface area contributed by atoms with Gasteiger partial charge in [0.25, 0.3) is 0 Å². The van der Waals surface area contributed by atoms with Crippen molar-refractivity contribution in [1.29, 1.82) is 0 Å². The third-order valence-electron chi connectivity index (χ3n) is 2.50. The van der Waals surface area contributed by atoms with Crippen LogP contribution in [-0.4, -0.2) is 69.2 Å². The quantitative estimate of drug-likeness (QED) is 0.200. The van der Waals surface area contributed by atoms with Crippen LogP contribution in [-0.2, 0) is 44.9 Å². The molecule has 164 valence electrons. The Hall–Kier alpha value is 0.290. The Morgan fingerprint density at radius 3 is 1.15 bits per heavy atom. The summed E-state index contributed by atoms with van der Waals surface area (Å²) in [4.78, 5) is 0. The van der Waals surface area contributed by atoms with Gasteiger partial charge in [-0.25, -0.2) is 13.7 Å². The van der Waals surface area contributed by atoms with Crippen LogP contribution in [0.15, 0.2) is 0 Å². The summed E-state index contributed by atoms with van der Waals surface area (Å²) in [7, 11) is -12.0. The lowest BCUT2D eigenvalue weighted by Gasteiger charge is -2.24. The molecule has 0 aromatic rings. The van der Waals surface area contributed by atoms with E-state index in [1.54, 1.807) is 0 Å². The molecule has 0 aliphatic carbocycles. The van der Waals surface area contributed by atoms with Gasteiger partial charge < -0.3 is 15.3 Å². The van der Waals surface area contributed by atoms with Gasteiger partial charge in [0, 0.05) is 34.0 Å². The summed E-state index contributed by atoms with van der Waals surface area (Å²) in [5, 5.41) is 26.3. The van der Waals surface area contributed by atoms with E-state index in [0.717, 1.165) is 14.2 Å². The van der Waals surface area contributed by atoms with E-state index in [0.29, 0.717) is 0 Å². The molecule has 0 aromatic heterocycles. The molecular weight excluding hydrogens is 433 g/mol. The Balaban J connectivity index is 5.33. The van der Waals surface area contributed by atoms with E-state index in [2.05, 4.69) is 9.05 Å². The smallest absolute Gasteiger partial charge is 0.396 e. The maximum Gasteiger partial charge on any atom is 0.492 e. The lowest BCUT2D eigenvalue weighted by molar-refractivity contribution is 0.114. The molecule has 0 spiro atoms. The normalized spacial score (nSPS) is 18.6. The number of hydrogen-bond acceptors (Lipinski definition) is 13. The average Bonchev–Trinajstić information content (AvgIpc) is 2.62. The van der Waals surface area contributed by atoms with Gasteiger partial charge in [-0.2, -0.15) is 8.62 Å². The van der Waals surface area contributed by atoms with Crippen LogP contribution in [0.3, 0.4) is 0 Å². The lowest BCUT2D eigenvalue weighted by atomic mass is 10.5. The van der Waals surface area contributed by atoms with Crippen molar-refractivity contribution in [2.75, 3.05) is 53.9 Å². The Morgan fingerprint density at radius 2 is 0.889 bits per heavy atom. The highest BCUT2D eigenvalue weighted by molar-refractivity contribution is 7.67. The van der Waals surface area contributed by atoms with Gasteiger partial charge in [-0.3, -0.25) is 22.6 Å². The summed E-state index contributed by atoms with van der Waals surface area (Å²) in [5.41, 5.74) is 0. The van der Waals surface area contributed by atoms with Gasteiger partial charge in [0.15, 0.2) is 0 Å². The van der Waals surface area contributed by atoms with E-state index in [1.165, 1.54) is 0 Å². The second kappa shape index (κ2) is 14.3. The van der Waals surface area contributed by atoms with Crippen LogP contribution in [0.4, 0.5) is 0 Å². The van der Waals surface area contributed by atoms with Crippen LogP contribution in [0.5, 0.6) is 0 Å². The molecule has 0 rings (SSSR count). The van der Waals surface area contributed by atoms with E-state index < -0.39 is 23.5 Å². The molecular formula is C11H27O13P3. The highest BCUT2D eigenvalue weighted by atomic mass is 31.3. The fraction of sp³-hybridized carbons (Fsp3) is 1.00. The second-order valence-electron chi connectivity index (χ2n) is 4.60. The number of hydrogen-bond donors (Lipinski definition) is 3. The number of phosphoric acid groups is 3. The number of phosphoric ester groups is 2. The maximum atomic E-state index is 12.8. The van der Waals surface area contributed by atoms with Gasteiger partial charge in [0.2, 0.25) is 0 Å². The Bertz CT molecular complexity index is 490. The summed E-state index contributed by atoms with van der Waals surface area (Å²) in [6, 6.07) is 0. The highest BCUT2D eigenvalue weighted by Gasteiger charge is 2.46. The molecule has 2 unspecified atom stereocenters. The van der Waals surface area contributed by atoms with Crippen molar-refractivity contribution < 1.29 is 60.3 Å². The minimum absolute atomic E-state index is 0.00200. The molecule has 0 radical (unpaired) electrons. The van der Waals surface area contributed by atoms with Crippen molar-refractivity contribution >= 4 is 23.5 Å². The molecule has 2 atom stereocenters. The van der Waals surface area contributed by atoms with Crippen LogP contribution in [0.1, 0.15) is 19.3 Å². The molecule has 13 nitrogen and oxygen atoms in total. The van der Waals surface area contributed by atoms with E-state index in [-0.39, 0.29) is 58.9 Å². The molecule has 16 heteroatoms. The summed E-state index contributed by atoms with van der Waals surface area (Å²) in [6.07, 6.45) is 0.157. The zero-order chi connectivity index (χ0) is 20.8. The van der Waals surface area contributed by atoms with Gasteiger partial charge in [-0.15, -0.1) is 0 Å². The molecule has 0 saturated heterocycles. The largest absolute Gasteiger partial charge is 0.492 e. The number of rotatable bonds is 18. The lowest BCUT2D eigenvalue weighted by Crippen LogP contribution is -2.07. The first-order chi connectivity index (χ1) is 12.7. The van der Waals surface area contributed by atoms with Crippen molar-refractivity contribution in [2.24, 2.45) is 0 Å². The first-order valence-electron chi connectivity index (χ1n) is 7.82. The van der Waals surface area contributed by atoms with Gasteiger partial charge in [0.1, 0.15) is 0 Å². The first-order valence-corrected chi connectivity index (χ1v) is 12.2. The molecule has 0 heterocycles. The van der Waals surface area contributed by atoms with E-state index >= 15 is 0 Å². The molecule has 0 aromatic carbocycles. The summed E-state index contributed by atoms with van der Waals surface area (Å²) in [6.45, 7) is -1.80. The van der Waals surface area contributed by atoms with E-state index in [9.17, 15) is 13.7 Å². The van der Waals surface area contributed by atoms with E-state index in [4.69, 9.17) is 37.5 Å². The molecule has 27 heavy (non-hydrogen) atoms. The fourth-order valence-corrected chi connectivity index (χ4v) is 6.15. The summed E-state index contributed by atoms with van der Waals surface area (Å²) in [5.74, 6) is 0. The first kappa shape index (κ1) is 27.3. The summed E-state index contributed by atoms with van der Waals surface area (Å²) >= 11 is 0. The fourth-order valence-electron chi connectivity index (χ4n) is 1.25. The van der Waals surface area contributed by atoms with Gasteiger partial charge in [-0.05, 0) is 19.3 Å². The van der Waals surface area contributed by atoms with E-state index in [1.807, 2.05) is 0 Å². The third kappa shape index (κ3) is 11.8. The minimum Gasteiger partial charge on any atom is -0.396 e. The Labute approximate surface area is 157 Å². The number of aliphatic hydroxyl groups is 3. The molecule has 0 aliphatic rings. The van der Waals surface area contributed by atoms with Crippen LogP contribution in [0.25, 0.3) is 0 Å². The molecule has 3 N–H and O–H groups in total. The van der Waals surface area contributed by atoms with Crippen LogP contribution in [0.2, 0.25) is 0 Å². The van der Waals surface area contributed by atoms with Crippen molar-refractivity contribution in [3.63, 3.8) is 0 Å². The molecule has 0 aliphatic heterocycles. The van der Waals surface area contributed by atoms with Gasteiger partial charge in [0.05, 0.1) is 19.8 Å². The van der Waals surface area contributed by atoms with Gasteiger partial charge >= 0.3 is 23.5 Å². The van der Waals surface area contributed by atoms with Crippen molar-refractivity contribution in [2.45, 2.75) is 19.3 Å². The van der Waals surface area contributed by atoms with Crippen molar-refractivity contribution in [1.82, 2.24) is 0 Å². The van der Waals surface area contributed by atoms with Crippen molar-refractivity contribution in [3.8, 4) is 0 Å². The molecule has 0 saturated carbocycles. The topological polar surface area (TPSA) is 177 Å². The molecule has 0 bridgehead atoms. The second-order valence-corrected chi connectivity index (χ2v) is 10.1. The Kier molecular flexibility index (Phi) is 14.5. The predicted molar refractivity (Wildman–Crippen MR) is 92.0 cm³/mol. The predicted octanol–water partition coefficient (Wildman–Crippen LogP) is 1.83. The zero-order valence-electron chi connectivity index (χ0n) is 15.1. The zero-order valence-corrected chi connectivity index (χ0v) is 17.8. The highest BCUT2D eigenvalue weighted by Crippen LogP contribution is 2.72. The van der Waals surface area contributed by atoms with Crippen LogP contribution in [0, 0.1) is 0 Å². The van der Waals surface area contributed by atoms with Crippen LogP contribution >= 0.6 is 23.5 Å². The third-order valence-corrected chi connectivity index (χ3v) is 8.09. The molecule has 0 fully saturated rings. The minimum atomic E-state index is -4.88.